The van der Waals surface area contributed by atoms with Crippen molar-refractivity contribution in [2.75, 3.05) is 10.6 Å². The second kappa shape index (κ2) is 10.0. The predicted molar refractivity (Wildman–Crippen MR) is 127 cm³/mol. The minimum Gasteiger partial charge on any atom is -0.382 e. The second-order valence-corrected chi connectivity index (χ2v) is 8.83. The molecule has 1 saturated carbocycles. The van der Waals surface area contributed by atoms with Gasteiger partial charge >= 0.3 is 0 Å². The molecule has 1 aliphatic rings. The number of hydrogen-bond acceptors (Lipinski definition) is 7. The number of nitrogens with zero attached hydrogens (tertiary/aromatic N) is 4. The first kappa shape index (κ1) is 23.4. The summed E-state index contributed by atoms with van der Waals surface area (Å²) in [5.41, 5.74) is 1.49. The van der Waals surface area contributed by atoms with Crippen LogP contribution in [0.15, 0.2) is 30.7 Å². The molecule has 3 aromatic rings. The van der Waals surface area contributed by atoms with Crippen LogP contribution >= 0.6 is 0 Å². The molecule has 0 radical (unpaired) electrons. The Hall–Kier alpha value is -3.76. The van der Waals surface area contributed by atoms with Crippen molar-refractivity contribution in [1.29, 1.82) is 0 Å². The lowest BCUT2D eigenvalue weighted by atomic mass is 9.91. The Morgan fingerprint density at radius 2 is 1.85 bits per heavy atom. The van der Waals surface area contributed by atoms with Crippen LogP contribution in [0.25, 0.3) is 5.65 Å². The number of pyridine rings is 1. The molecule has 3 aromatic heterocycles. The second-order valence-electron chi connectivity index (χ2n) is 8.83. The quantitative estimate of drug-likeness (QED) is 0.420. The van der Waals surface area contributed by atoms with Crippen molar-refractivity contribution in [1.82, 2.24) is 30.2 Å². The number of nitrogens with one attached hydrogen (secondary N) is 4. The largest absolute Gasteiger partial charge is 0.382 e. The molecule has 4 rings (SSSR count). The van der Waals surface area contributed by atoms with E-state index in [0.717, 1.165) is 25.7 Å². The van der Waals surface area contributed by atoms with E-state index >= 15 is 0 Å². The molecule has 1 fully saturated rings. The van der Waals surface area contributed by atoms with E-state index in [1.807, 2.05) is 13.8 Å². The van der Waals surface area contributed by atoms with Crippen LogP contribution < -0.4 is 21.3 Å². The minimum absolute atomic E-state index is 0.0177. The fraction of sp³-hybridized carbons (Fsp3) is 0.435. The zero-order chi connectivity index (χ0) is 24.2. The maximum absolute atomic E-state index is 14.4. The van der Waals surface area contributed by atoms with Crippen LogP contribution in [0.4, 0.5) is 21.7 Å². The van der Waals surface area contributed by atoms with Crippen molar-refractivity contribution >= 4 is 34.8 Å². The number of halogens is 1. The van der Waals surface area contributed by atoms with E-state index in [0.29, 0.717) is 22.7 Å². The number of amides is 2. The molecular weight excluding hydrogens is 439 g/mol. The molecule has 10 nitrogen and oxygen atoms in total. The number of fused-ring (bicyclic) bond motifs is 1. The van der Waals surface area contributed by atoms with Crippen LogP contribution in [0, 0.1) is 5.82 Å². The van der Waals surface area contributed by atoms with Gasteiger partial charge in [0.25, 0.3) is 5.91 Å². The summed E-state index contributed by atoms with van der Waals surface area (Å²) in [6.45, 7) is 5.45. The average molecular weight is 469 g/mol. The average Bonchev–Trinajstić information content (AvgIpc) is 3.22. The van der Waals surface area contributed by atoms with Gasteiger partial charge in [0.1, 0.15) is 5.82 Å². The van der Waals surface area contributed by atoms with Crippen LogP contribution in [0.5, 0.6) is 0 Å². The van der Waals surface area contributed by atoms with Crippen molar-refractivity contribution in [3.63, 3.8) is 0 Å². The number of carbonyl (C=O) groups excluding carboxylic acids is 2. The summed E-state index contributed by atoms with van der Waals surface area (Å²) in [4.78, 5) is 32.9. The third-order valence-corrected chi connectivity index (χ3v) is 5.65. The molecule has 2 amide bonds. The van der Waals surface area contributed by atoms with E-state index < -0.39 is 5.82 Å². The fourth-order valence-corrected chi connectivity index (χ4v) is 4.11. The first-order valence-electron chi connectivity index (χ1n) is 11.4. The Kier molecular flexibility index (Phi) is 6.90. The molecule has 34 heavy (non-hydrogen) atoms. The monoisotopic (exact) mass is 468 g/mol. The number of carbonyl (C=O) groups is 2. The van der Waals surface area contributed by atoms with Crippen LogP contribution in [-0.4, -0.2) is 49.5 Å². The lowest BCUT2D eigenvalue weighted by molar-refractivity contribution is -0.119. The van der Waals surface area contributed by atoms with Gasteiger partial charge in [0.15, 0.2) is 17.3 Å². The van der Waals surface area contributed by atoms with Gasteiger partial charge in [-0.25, -0.2) is 18.9 Å². The maximum Gasteiger partial charge on any atom is 0.255 e. The zero-order valence-corrected chi connectivity index (χ0v) is 19.4. The van der Waals surface area contributed by atoms with Crippen molar-refractivity contribution < 1.29 is 14.0 Å². The Morgan fingerprint density at radius 3 is 2.53 bits per heavy atom. The van der Waals surface area contributed by atoms with Crippen LogP contribution in [0.1, 0.15) is 56.8 Å². The summed E-state index contributed by atoms with van der Waals surface area (Å²) in [6, 6.07) is 3.59. The van der Waals surface area contributed by atoms with Gasteiger partial charge in [-0.05, 0) is 39.5 Å². The fourth-order valence-electron chi connectivity index (χ4n) is 4.11. The van der Waals surface area contributed by atoms with Crippen molar-refractivity contribution in [2.24, 2.45) is 0 Å². The minimum atomic E-state index is -0.576. The Bertz CT molecular complexity index is 1190. The van der Waals surface area contributed by atoms with E-state index in [2.05, 4.69) is 36.3 Å². The Balaban J connectivity index is 1.48. The van der Waals surface area contributed by atoms with Crippen molar-refractivity contribution in [3.8, 4) is 0 Å². The van der Waals surface area contributed by atoms with Gasteiger partial charge in [0.2, 0.25) is 5.91 Å². The van der Waals surface area contributed by atoms with Crippen LogP contribution in [0.2, 0.25) is 0 Å². The summed E-state index contributed by atoms with van der Waals surface area (Å²) in [6.07, 6.45) is 7.47. The molecule has 1 aliphatic carbocycles. The molecule has 180 valence electrons. The van der Waals surface area contributed by atoms with Crippen molar-refractivity contribution in [3.05, 3.63) is 42.1 Å². The van der Waals surface area contributed by atoms with E-state index in [9.17, 15) is 14.0 Å². The highest BCUT2D eigenvalue weighted by molar-refractivity contribution is 6.00. The lowest BCUT2D eigenvalue weighted by Gasteiger charge is -2.29. The number of anilines is 3. The smallest absolute Gasteiger partial charge is 0.255 e. The van der Waals surface area contributed by atoms with Gasteiger partial charge in [0.05, 0.1) is 23.6 Å². The first-order chi connectivity index (χ1) is 16.3. The highest BCUT2D eigenvalue weighted by Crippen LogP contribution is 2.25. The molecule has 0 aliphatic heterocycles. The normalized spacial score (nSPS) is 18.0. The third-order valence-electron chi connectivity index (χ3n) is 5.65. The summed E-state index contributed by atoms with van der Waals surface area (Å²) < 4.78 is 15.8. The number of hydrogen-bond donors (Lipinski definition) is 4. The van der Waals surface area contributed by atoms with Gasteiger partial charge < -0.3 is 21.3 Å². The molecule has 4 N–H and O–H groups in total. The van der Waals surface area contributed by atoms with E-state index in [-0.39, 0.29) is 35.8 Å². The molecule has 0 bridgehead atoms. The van der Waals surface area contributed by atoms with Gasteiger partial charge in [-0.2, -0.15) is 5.10 Å². The van der Waals surface area contributed by atoms with E-state index in [4.69, 9.17) is 0 Å². The third kappa shape index (κ3) is 5.59. The van der Waals surface area contributed by atoms with Gasteiger partial charge in [-0.15, -0.1) is 0 Å². The van der Waals surface area contributed by atoms with E-state index in [1.54, 1.807) is 12.1 Å². The van der Waals surface area contributed by atoms with Crippen molar-refractivity contribution in [2.45, 2.75) is 64.6 Å². The van der Waals surface area contributed by atoms with Crippen LogP contribution in [-0.2, 0) is 4.79 Å². The predicted octanol–water partition coefficient (Wildman–Crippen LogP) is 3.00. The van der Waals surface area contributed by atoms with Gasteiger partial charge in [0, 0.05) is 43.4 Å². The molecule has 11 heteroatoms. The standard InChI is InChI=1S/C23H29FN8O2/c1-13(2)27-19-10-20(30-22-18(24)12-32-21(31-22)8-9-26-32)25-11-17(19)23(34)29-16-6-4-15(5-7-16)28-14(3)33/h8-13,15-16H,4-7H2,1-3H3,(H,28,33)(H,29,34)(H2,25,27,30,31). The SMILES string of the molecule is CC(=O)NC1CCC(NC(=O)c2cnc(Nc3nc4ccnn4cc3F)cc2NC(C)C)CC1. The molecule has 3 heterocycles. The lowest BCUT2D eigenvalue weighted by Crippen LogP contribution is -2.43. The zero-order valence-electron chi connectivity index (χ0n) is 19.4. The summed E-state index contributed by atoms with van der Waals surface area (Å²) in [7, 11) is 0. The molecule has 0 atom stereocenters. The Labute approximate surface area is 196 Å². The summed E-state index contributed by atoms with van der Waals surface area (Å²) >= 11 is 0. The number of rotatable bonds is 7. The first-order valence-corrected chi connectivity index (χ1v) is 11.4. The number of aromatic nitrogens is 4. The maximum atomic E-state index is 14.4. The molecule has 0 aromatic carbocycles. The highest BCUT2D eigenvalue weighted by Gasteiger charge is 2.24. The van der Waals surface area contributed by atoms with E-state index in [1.165, 1.54) is 30.0 Å². The molecular formula is C23H29FN8O2. The summed E-state index contributed by atoms with van der Waals surface area (Å²) in [5, 5.41) is 16.2. The molecule has 0 saturated heterocycles. The Morgan fingerprint density at radius 1 is 1.15 bits per heavy atom. The molecule has 0 spiro atoms. The van der Waals surface area contributed by atoms with Gasteiger partial charge in [-0.3, -0.25) is 9.59 Å². The summed E-state index contributed by atoms with van der Waals surface area (Å²) in [5.74, 6) is -0.463. The topological polar surface area (TPSA) is 125 Å². The van der Waals surface area contributed by atoms with Gasteiger partial charge in [-0.1, -0.05) is 0 Å². The van der Waals surface area contributed by atoms with Crippen LogP contribution in [0.3, 0.4) is 0 Å². The molecule has 0 unspecified atom stereocenters. The highest BCUT2D eigenvalue weighted by atomic mass is 19.1.